The Labute approximate surface area is 163 Å². The maximum atomic E-state index is 6.93. The quantitative estimate of drug-likeness (QED) is 0.497. The lowest BCUT2D eigenvalue weighted by molar-refractivity contribution is -0.113. The van der Waals surface area contributed by atoms with Gasteiger partial charge in [-0.3, -0.25) is 0 Å². The molecule has 0 saturated heterocycles. The Morgan fingerprint density at radius 3 is 1.38 bits per heavy atom. The van der Waals surface area contributed by atoms with Crippen molar-refractivity contribution in [3.8, 4) is 0 Å². The minimum Gasteiger partial charge on any atom is -0.431 e. The van der Waals surface area contributed by atoms with Crippen LogP contribution in [0, 0.1) is 46.3 Å². The second-order valence-electron chi connectivity index (χ2n) is 12.9. The van der Waals surface area contributed by atoms with Gasteiger partial charge in [0.2, 0.25) is 0 Å². The van der Waals surface area contributed by atoms with Crippen LogP contribution in [0.1, 0.15) is 88.0 Å². The fraction of sp³-hybridized carbons (Fsp3) is 1.00. The van der Waals surface area contributed by atoms with Gasteiger partial charge < -0.3 is 4.65 Å². The summed E-state index contributed by atoms with van der Waals surface area (Å²) in [4.78, 5) is 0. The summed E-state index contributed by atoms with van der Waals surface area (Å²) in [6, 6.07) is 0. The first kappa shape index (κ1) is 19.3. The highest BCUT2D eigenvalue weighted by Gasteiger charge is 2.63. The third-order valence-electron chi connectivity index (χ3n) is 10.2. The zero-order chi connectivity index (χ0) is 19.2. The Morgan fingerprint density at radius 2 is 1.12 bits per heavy atom. The fourth-order valence-corrected chi connectivity index (χ4v) is 8.15. The Kier molecular flexibility index (Phi) is 4.29. The number of rotatable bonds is 3. The van der Waals surface area contributed by atoms with Crippen LogP contribution in [0.2, 0.25) is 11.6 Å². The van der Waals surface area contributed by atoms with Crippen molar-refractivity contribution in [1.29, 1.82) is 0 Å². The smallest absolute Gasteiger partial charge is 0.300 e. The molecule has 0 aromatic rings. The summed E-state index contributed by atoms with van der Waals surface area (Å²) in [5, 5.41) is 0. The van der Waals surface area contributed by atoms with Crippen LogP contribution in [0.5, 0.6) is 0 Å². The van der Waals surface area contributed by atoms with Crippen molar-refractivity contribution in [3.63, 3.8) is 0 Å². The molecular formula is C24H43BO. The zero-order valence-electron chi connectivity index (χ0n) is 18.9. The van der Waals surface area contributed by atoms with Crippen molar-refractivity contribution in [2.24, 2.45) is 46.3 Å². The van der Waals surface area contributed by atoms with E-state index in [1.165, 1.54) is 25.7 Å². The normalized spacial score (nSPS) is 48.3. The van der Waals surface area contributed by atoms with Crippen molar-refractivity contribution in [3.05, 3.63) is 0 Å². The molecule has 6 aliphatic carbocycles. The molecule has 0 unspecified atom stereocenters. The molecule has 6 fully saturated rings. The molecule has 6 saturated carbocycles. The lowest BCUT2D eigenvalue weighted by Gasteiger charge is -2.66. The molecule has 6 aliphatic rings. The van der Waals surface area contributed by atoms with E-state index in [9.17, 15) is 0 Å². The molecular weight excluding hydrogens is 315 g/mol. The number of fused-ring (bicyclic) bond motifs is 4. The minimum absolute atomic E-state index is 0.0293. The van der Waals surface area contributed by atoms with Crippen LogP contribution < -0.4 is 0 Å². The monoisotopic (exact) mass is 358 g/mol. The fourth-order valence-electron chi connectivity index (χ4n) is 8.15. The highest BCUT2D eigenvalue weighted by molar-refractivity contribution is 6.56. The summed E-state index contributed by atoms with van der Waals surface area (Å²) in [6.07, 6.45) is 5.78. The third kappa shape index (κ3) is 2.67. The van der Waals surface area contributed by atoms with E-state index in [1.807, 2.05) is 0 Å². The summed E-state index contributed by atoms with van der Waals surface area (Å²) in [5.74, 6) is 6.90. The van der Waals surface area contributed by atoms with Gasteiger partial charge in [-0.1, -0.05) is 54.4 Å². The molecule has 8 atom stereocenters. The van der Waals surface area contributed by atoms with Crippen molar-refractivity contribution in [1.82, 2.24) is 0 Å². The van der Waals surface area contributed by atoms with E-state index in [2.05, 4.69) is 62.3 Å². The molecule has 0 heterocycles. The van der Waals surface area contributed by atoms with Crippen LogP contribution >= 0.6 is 0 Å². The SMILES string of the molecule is C[C@@H]1[C@H]2C[C@@H](C[C@H]1B(OC(C)(C)C)[C@@H]1C[C@@H]3C[C@H]([C@H]1C)C3(C)C)C2(C)C. The van der Waals surface area contributed by atoms with E-state index in [0.29, 0.717) is 17.7 Å². The average Bonchev–Trinajstić information content (AvgIpc) is 2.51. The molecule has 148 valence electrons. The molecule has 6 rings (SSSR count). The molecule has 4 bridgehead atoms. The van der Waals surface area contributed by atoms with E-state index in [-0.39, 0.29) is 5.60 Å². The van der Waals surface area contributed by atoms with Gasteiger partial charge in [0, 0.05) is 5.60 Å². The van der Waals surface area contributed by atoms with Crippen LogP contribution in [-0.2, 0) is 4.65 Å². The van der Waals surface area contributed by atoms with Gasteiger partial charge >= 0.3 is 6.92 Å². The van der Waals surface area contributed by atoms with Gasteiger partial charge in [-0.05, 0) is 91.6 Å². The predicted molar refractivity (Wildman–Crippen MR) is 112 cm³/mol. The summed E-state index contributed by atoms with van der Waals surface area (Å²) in [7, 11) is 0. The summed E-state index contributed by atoms with van der Waals surface area (Å²) < 4.78 is 6.93. The molecule has 0 spiro atoms. The first-order chi connectivity index (χ1) is 11.8. The van der Waals surface area contributed by atoms with Crippen molar-refractivity contribution in [2.45, 2.75) is 105 Å². The first-order valence-corrected chi connectivity index (χ1v) is 11.5. The van der Waals surface area contributed by atoms with E-state index in [4.69, 9.17) is 4.65 Å². The van der Waals surface area contributed by atoms with E-state index in [1.54, 1.807) is 0 Å². The van der Waals surface area contributed by atoms with E-state index in [0.717, 1.165) is 47.1 Å². The Hall–Kier alpha value is 0.0249. The Bertz CT molecular complexity index is 517. The molecule has 26 heavy (non-hydrogen) atoms. The van der Waals surface area contributed by atoms with Crippen LogP contribution in [0.3, 0.4) is 0 Å². The van der Waals surface area contributed by atoms with Gasteiger partial charge in [-0.15, -0.1) is 0 Å². The highest BCUT2D eigenvalue weighted by atomic mass is 16.5. The van der Waals surface area contributed by atoms with Crippen LogP contribution in [0.4, 0.5) is 0 Å². The van der Waals surface area contributed by atoms with Crippen LogP contribution in [0.15, 0.2) is 0 Å². The zero-order valence-corrected chi connectivity index (χ0v) is 18.9. The molecule has 2 heteroatoms. The van der Waals surface area contributed by atoms with Crippen molar-refractivity contribution >= 4 is 6.92 Å². The molecule has 0 aromatic heterocycles. The average molecular weight is 358 g/mol. The van der Waals surface area contributed by atoms with Crippen LogP contribution in [-0.4, -0.2) is 12.5 Å². The Morgan fingerprint density at radius 1 is 0.731 bits per heavy atom. The van der Waals surface area contributed by atoms with Crippen molar-refractivity contribution < 1.29 is 4.65 Å². The lowest BCUT2D eigenvalue weighted by Crippen LogP contribution is -2.60. The number of hydrogen-bond acceptors (Lipinski definition) is 1. The summed E-state index contributed by atoms with van der Waals surface area (Å²) in [5.41, 5.74) is 1.12. The van der Waals surface area contributed by atoms with Gasteiger partial charge in [0.05, 0.1) is 0 Å². The molecule has 0 radical (unpaired) electrons. The van der Waals surface area contributed by atoms with Gasteiger partial charge in [-0.2, -0.15) is 0 Å². The molecule has 0 aliphatic heterocycles. The summed E-state index contributed by atoms with van der Waals surface area (Å²) in [6.45, 7) is 22.5. The van der Waals surface area contributed by atoms with Gasteiger partial charge in [0.25, 0.3) is 0 Å². The van der Waals surface area contributed by atoms with Gasteiger partial charge in [0.15, 0.2) is 0 Å². The highest BCUT2D eigenvalue weighted by Crippen LogP contribution is 2.69. The molecule has 0 aromatic carbocycles. The largest absolute Gasteiger partial charge is 0.431 e. The van der Waals surface area contributed by atoms with Crippen molar-refractivity contribution in [2.75, 3.05) is 0 Å². The molecule has 0 amide bonds. The standard InChI is InChI=1S/C24H43BO/c1-14-18-10-16(23(18,6)7)12-20(14)25(26-22(3,4)5)21-13-17-11-19(15(21)2)24(17,8)9/h14-21H,10-13H2,1-9H3/t14-,15-,16+,17+,18-,19-,20-,21-/m1/s1. The molecule has 1 nitrogen and oxygen atoms in total. The van der Waals surface area contributed by atoms with E-state index >= 15 is 0 Å². The second-order valence-corrected chi connectivity index (χ2v) is 12.9. The van der Waals surface area contributed by atoms with Gasteiger partial charge in [0.1, 0.15) is 0 Å². The maximum absolute atomic E-state index is 6.93. The lowest BCUT2D eigenvalue weighted by atomic mass is 9.27. The molecule has 0 N–H and O–H groups in total. The third-order valence-corrected chi connectivity index (χ3v) is 10.2. The minimum atomic E-state index is -0.0293. The van der Waals surface area contributed by atoms with E-state index < -0.39 is 0 Å². The Balaban J connectivity index is 1.59. The van der Waals surface area contributed by atoms with Gasteiger partial charge in [-0.25, -0.2) is 0 Å². The summed E-state index contributed by atoms with van der Waals surface area (Å²) >= 11 is 0. The maximum Gasteiger partial charge on any atom is 0.300 e. The predicted octanol–water partition coefficient (Wildman–Crippen LogP) is 6.94. The first-order valence-electron chi connectivity index (χ1n) is 11.5. The topological polar surface area (TPSA) is 9.23 Å². The second kappa shape index (κ2) is 5.77. The number of hydrogen-bond donors (Lipinski definition) is 0. The van der Waals surface area contributed by atoms with Crippen LogP contribution in [0.25, 0.3) is 0 Å².